The van der Waals surface area contributed by atoms with Gasteiger partial charge in [0.1, 0.15) is 13.2 Å². The molecular formula is C44H84O6. The number of rotatable bonds is 39. The highest BCUT2D eigenvalue weighted by Crippen LogP contribution is 2.16. The van der Waals surface area contributed by atoms with Crippen molar-refractivity contribution in [3.05, 3.63) is 0 Å². The largest absolute Gasteiger partial charge is 0.462 e. The van der Waals surface area contributed by atoms with E-state index < -0.39 is 6.10 Å². The Hall–Kier alpha value is -1.59. The lowest BCUT2D eigenvalue weighted by atomic mass is 9.99. The third-order valence-electron chi connectivity index (χ3n) is 10.2. The molecule has 0 N–H and O–H groups in total. The molecule has 0 aliphatic carbocycles. The highest BCUT2D eigenvalue weighted by molar-refractivity contribution is 5.71. The normalized spacial score (nSPS) is 12.5. The van der Waals surface area contributed by atoms with Crippen LogP contribution in [0.5, 0.6) is 0 Å². The first-order chi connectivity index (χ1) is 24.4. The molecule has 6 heteroatoms. The molecule has 0 spiro atoms. The van der Waals surface area contributed by atoms with E-state index in [-0.39, 0.29) is 31.1 Å². The summed E-state index contributed by atoms with van der Waals surface area (Å²) in [5.74, 6) is 0.00604. The average molecular weight is 709 g/mol. The molecule has 0 bridgehead atoms. The lowest BCUT2D eigenvalue weighted by Crippen LogP contribution is -2.30. The summed E-state index contributed by atoms with van der Waals surface area (Å²) in [7, 11) is 0. The summed E-state index contributed by atoms with van der Waals surface area (Å²) in [6.07, 6.45) is 36.6. The molecule has 296 valence electrons. The van der Waals surface area contributed by atoms with Gasteiger partial charge in [0, 0.05) is 19.3 Å². The molecule has 0 aromatic heterocycles. The van der Waals surface area contributed by atoms with E-state index >= 15 is 0 Å². The molecule has 0 aromatic carbocycles. The third-order valence-corrected chi connectivity index (χ3v) is 10.2. The van der Waals surface area contributed by atoms with E-state index in [0.29, 0.717) is 19.3 Å². The van der Waals surface area contributed by atoms with Crippen molar-refractivity contribution in [2.75, 3.05) is 13.2 Å². The maximum Gasteiger partial charge on any atom is 0.306 e. The van der Waals surface area contributed by atoms with Gasteiger partial charge in [0.15, 0.2) is 6.10 Å². The Morgan fingerprint density at radius 1 is 0.400 bits per heavy atom. The van der Waals surface area contributed by atoms with Gasteiger partial charge in [0.2, 0.25) is 0 Å². The average Bonchev–Trinajstić information content (AvgIpc) is 3.11. The Morgan fingerprint density at radius 2 is 0.700 bits per heavy atom. The fourth-order valence-corrected chi connectivity index (χ4v) is 6.42. The minimum absolute atomic E-state index is 0.0646. The zero-order valence-corrected chi connectivity index (χ0v) is 33.9. The Bertz CT molecular complexity index is 753. The van der Waals surface area contributed by atoms with Crippen LogP contribution in [0, 0.1) is 5.92 Å². The standard InChI is InChI=1S/C44H84O6/c1-5-8-10-12-14-15-16-21-25-29-33-37-44(47)50-41(38-48-42(45)35-31-27-22-13-11-9-6-2)39-49-43(46)36-32-28-24-20-18-17-19-23-26-30-34-40(4)7-3/h40-41H,5-39H2,1-4H3/t40?,41-/m0/s1. The van der Waals surface area contributed by atoms with E-state index in [0.717, 1.165) is 63.7 Å². The molecule has 50 heavy (non-hydrogen) atoms. The maximum absolute atomic E-state index is 12.6. The molecule has 0 amide bonds. The first-order valence-corrected chi connectivity index (χ1v) is 21.9. The number of ether oxygens (including phenoxy) is 3. The van der Waals surface area contributed by atoms with Gasteiger partial charge >= 0.3 is 17.9 Å². The fourth-order valence-electron chi connectivity index (χ4n) is 6.42. The van der Waals surface area contributed by atoms with Crippen LogP contribution >= 0.6 is 0 Å². The van der Waals surface area contributed by atoms with Gasteiger partial charge in [-0.25, -0.2) is 0 Å². The number of carbonyl (C=O) groups excluding carboxylic acids is 3. The predicted octanol–water partition coefficient (Wildman–Crippen LogP) is 13.6. The van der Waals surface area contributed by atoms with Gasteiger partial charge in [-0.3, -0.25) is 14.4 Å². The van der Waals surface area contributed by atoms with Crippen LogP contribution < -0.4 is 0 Å². The van der Waals surface area contributed by atoms with Crippen molar-refractivity contribution in [1.82, 2.24) is 0 Å². The van der Waals surface area contributed by atoms with Crippen LogP contribution in [-0.4, -0.2) is 37.2 Å². The first-order valence-electron chi connectivity index (χ1n) is 21.9. The molecule has 0 saturated heterocycles. The van der Waals surface area contributed by atoms with Crippen molar-refractivity contribution in [1.29, 1.82) is 0 Å². The fraction of sp³-hybridized carbons (Fsp3) is 0.932. The smallest absolute Gasteiger partial charge is 0.306 e. The van der Waals surface area contributed by atoms with Gasteiger partial charge in [-0.1, -0.05) is 201 Å². The molecule has 0 aliphatic rings. The van der Waals surface area contributed by atoms with Gasteiger partial charge in [0.05, 0.1) is 0 Å². The zero-order chi connectivity index (χ0) is 36.8. The van der Waals surface area contributed by atoms with Crippen molar-refractivity contribution in [2.24, 2.45) is 5.92 Å². The van der Waals surface area contributed by atoms with Crippen molar-refractivity contribution in [3.8, 4) is 0 Å². The zero-order valence-electron chi connectivity index (χ0n) is 33.9. The van der Waals surface area contributed by atoms with Gasteiger partial charge in [-0.05, 0) is 25.2 Å². The van der Waals surface area contributed by atoms with E-state index in [1.165, 1.54) is 135 Å². The molecule has 0 saturated carbocycles. The number of esters is 3. The number of hydrogen-bond acceptors (Lipinski definition) is 6. The van der Waals surface area contributed by atoms with Crippen LogP contribution in [0.25, 0.3) is 0 Å². The van der Waals surface area contributed by atoms with Crippen LogP contribution in [0.15, 0.2) is 0 Å². The molecule has 0 fully saturated rings. The predicted molar refractivity (Wildman–Crippen MR) is 210 cm³/mol. The number of unbranched alkanes of at least 4 members (excludes halogenated alkanes) is 25. The maximum atomic E-state index is 12.6. The van der Waals surface area contributed by atoms with E-state index in [1.807, 2.05) is 0 Å². The highest BCUT2D eigenvalue weighted by atomic mass is 16.6. The van der Waals surface area contributed by atoms with Crippen LogP contribution in [0.2, 0.25) is 0 Å². The molecule has 0 rings (SSSR count). The molecule has 0 radical (unpaired) electrons. The van der Waals surface area contributed by atoms with E-state index in [9.17, 15) is 14.4 Å². The highest BCUT2D eigenvalue weighted by Gasteiger charge is 2.19. The second kappa shape index (κ2) is 38.6. The summed E-state index contributed by atoms with van der Waals surface area (Å²) < 4.78 is 16.6. The summed E-state index contributed by atoms with van der Waals surface area (Å²) in [4.78, 5) is 37.5. The second-order valence-corrected chi connectivity index (χ2v) is 15.2. The van der Waals surface area contributed by atoms with E-state index in [2.05, 4.69) is 27.7 Å². The van der Waals surface area contributed by atoms with Crippen LogP contribution in [0.4, 0.5) is 0 Å². The Balaban J connectivity index is 4.28. The molecular weight excluding hydrogens is 624 g/mol. The van der Waals surface area contributed by atoms with Crippen molar-refractivity contribution in [2.45, 2.75) is 246 Å². The van der Waals surface area contributed by atoms with Crippen LogP contribution in [0.1, 0.15) is 240 Å². The third kappa shape index (κ3) is 36.2. The van der Waals surface area contributed by atoms with E-state index in [1.54, 1.807) is 0 Å². The molecule has 6 nitrogen and oxygen atoms in total. The van der Waals surface area contributed by atoms with Crippen molar-refractivity contribution < 1.29 is 28.6 Å². The minimum atomic E-state index is -0.757. The topological polar surface area (TPSA) is 78.9 Å². The summed E-state index contributed by atoms with van der Waals surface area (Å²) in [5, 5.41) is 0. The lowest BCUT2D eigenvalue weighted by Gasteiger charge is -2.18. The summed E-state index contributed by atoms with van der Waals surface area (Å²) in [6, 6.07) is 0. The molecule has 1 unspecified atom stereocenters. The lowest BCUT2D eigenvalue weighted by molar-refractivity contribution is -0.167. The van der Waals surface area contributed by atoms with Gasteiger partial charge in [0.25, 0.3) is 0 Å². The molecule has 0 aromatic rings. The summed E-state index contributed by atoms with van der Waals surface area (Å²) >= 11 is 0. The van der Waals surface area contributed by atoms with Gasteiger partial charge in [-0.2, -0.15) is 0 Å². The number of hydrogen-bond donors (Lipinski definition) is 0. The molecule has 2 atom stereocenters. The van der Waals surface area contributed by atoms with Crippen molar-refractivity contribution >= 4 is 17.9 Å². The molecule has 0 aliphatic heterocycles. The van der Waals surface area contributed by atoms with Gasteiger partial charge < -0.3 is 14.2 Å². The van der Waals surface area contributed by atoms with Crippen LogP contribution in [-0.2, 0) is 28.6 Å². The Labute approximate surface area is 310 Å². The second-order valence-electron chi connectivity index (χ2n) is 15.2. The van der Waals surface area contributed by atoms with Crippen molar-refractivity contribution in [3.63, 3.8) is 0 Å². The minimum Gasteiger partial charge on any atom is -0.462 e. The SMILES string of the molecule is CCCCCCCCCCCCCC(=O)O[C@@H](COC(=O)CCCCCCCCC)COC(=O)CCCCCCCCCCCCC(C)CC. The summed E-state index contributed by atoms with van der Waals surface area (Å²) in [5.41, 5.74) is 0. The Kier molecular flexibility index (Phi) is 37.4. The quantitative estimate of drug-likeness (QED) is 0.0359. The van der Waals surface area contributed by atoms with E-state index in [4.69, 9.17) is 14.2 Å². The summed E-state index contributed by atoms with van der Waals surface area (Å²) in [6.45, 7) is 8.96. The monoisotopic (exact) mass is 709 g/mol. The van der Waals surface area contributed by atoms with Gasteiger partial charge in [-0.15, -0.1) is 0 Å². The molecule has 0 heterocycles. The van der Waals surface area contributed by atoms with Crippen LogP contribution in [0.3, 0.4) is 0 Å². The number of carbonyl (C=O) groups is 3. The Morgan fingerprint density at radius 3 is 1.04 bits per heavy atom. The first kappa shape index (κ1) is 48.4.